The maximum absolute atomic E-state index is 12.9. The largest absolute Gasteiger partial charge is 0.508 e. The number of Topliss-reactive ketones (excluding diaryl/α,β-unsaturated/α-hetero) is 1. The molecule has 1 amide bonds. The molecule has 158 valence electrons. The van der Waals surface area contributed by atoms with Crippen LogP contribution in [0.1, 0.15) is 49.9 Å². The van der Waals surface area contributed by atoms with Gasteiger partial charge in [-0.2, -0.15) is 0 Å². The quantitative estimate of drug-likeness (QED) is 0.422. The number of rotatable bonds is 6. The van der Waals surface area contributed by atoms with E-state index in [9.17, 15) is 19.8 Å². The third-order valence-electron chi connectivity index (χ3n) is 5.00. The van der Waals surface area contributed by atoms with Gasteiger partial charge in [0.25, 0.3) is 11.7 Å². The van der Waals surface area contributed by atoms with Crippen LogP contribution in [0.3, 0.4) is 0 Å². The van der Waals surface area contributed by atoms with Crippen molar-refractivity contribution in [3.63, 3.8) is 0 Å². The lowest BCUT2D eigenvalue weighted by molar-refractivity contribution is -0.139. The summed E-state index contributed by atoms with van der Waals surface area (Å²) in [6.45, 7) is 7.99. The van der Waals surface area contributed by atoms with Crippen molar-refractivity contribution < 1.29 is 24.5 Å². The van der Waals surface area contributed by atoms with Gasteiger partial charge in [-0.3, -0.25) is 9.59 Å². The number of hydrogen-bond donors (Lipinski definition) is 2. The predicted molar refractivity (Wildman–Crippen MR) is 114 cm³/mol. The van der Waals surface area contributed by atoms with E-state index in [0.29, 0.717) is 29.8 Å². The van der Waals surface area contributed by atoms with Gasteiger partial charge in [0, 0.05) is 12.1 Å². The molecule has 0 radical (unpaired) electrons. The summed E-state index contributed by atoms with van der Waals surface area (Å²) in [5.74, 6) is -0.893. The Kier molecular flexibility index (Phi) is 6.15. The minimum absolute atomic E-state index is 0.00766. The van der Waals surface area contributed by atoms with Crippen LogP contribution >= 0.6 is 0 Å². The van der Waals surface area contributed by atoms with E-state index in [0.717, 1.165) is 5.56 Å². The van der Waals surface area contributed by atoms with E-state index in [1.807, 2.05) is 27.7 Å². The number of ketones is 1. The van der Waals surface area contributed by atoms with E-state index in [1.54, 1.807) is 30.3 Å². The molecule has 6 heteroatoms. The molecule has 2 aromatic rings. The minimum atomic E-state index is -0.760. The minimum Gasteiger partial charge on any atom is -0.508 e. The standard InChI is InChI=1S/C24H27NO5/c1-5-11-25-21(16-7-6-8-18(26)13-16)20(23(28)24(25)29)22(27)17-9-10-19(15(4)12-17)30-14(2)3/h6-10,12-14,21,26-27H,5,11H2,1-4H3/b22-20-. The highest BCUT2D eigenvalue weighted by Crippen LogP contribution is 2.40. The van der Waals surface area contributed by atoms with Crippen LogP contribution in [-0.2, 0) is 9.59 Å². The SMILES string of the molecule is CCCN1C(=O)C(=O)/C(=C(\O)c2ccc(OC(C)C)c(C)c2)C1c1cccc(O)c1. The molecule has 1 aliphatic rings. The van der Waals surface area contributed by atoms with Crippen LogP contribution < -0.4 is 4.74 Å². The number of aryl methyl sites for hydroxylation is 1. The zero-order chi connectivity index (χ0) is 22.0. The van der Waals surface area contributed by atoms with E-state index in [1.165, 1.54) is 17.0 Å². The van der Waals surface area contributed by atoms with E-state index >= 15 is 0 Å². The number of phenols is 1. The molecule has 1 atom stereocenters. The number of ether oxygens (including phenoxy) is 1. The Hall–Kier alpha value is -3.28. The molecule has 1 heterocycles. The number of nitrogens with zero attached hydrogens (tertiary/aromatic N) is 1. The van der Waals surface area contributed by atoms with Crippen LogP contribution in [0.5, 0.6) is 11.5 Å². The highest BCUT2D eigenvalue weighted by Gasteiger charge is 2.45. The average molecular weight is 409 g/mol. The predicted octanol–water partition coefficient (Wildman–Crippen LogP) is 4.32. The van der Waals surface area contributed by atoms with Gasteiger partial charge in [-0.05, 0) is 68.7 Å². The summed E-state index contributed by atoms with van der Waals surface area (Å²) in [6, 6.07) is 10.8. The number of likely N-dealkylation sites (tertiary alicyclic amines) is 1. The molecule has 3 rings (SSSR count). The van der Waals surface area contributed by atoms with Gasteiger partial charge in [-0.25, -0.2) is 0 Å². The third-order valence-corrected chi connectivity index (χ3v) is 5.00. The first-order valence-corrected chi connectivity index (χ1v) is 10.1. The van der Waals surface area contributed by atoms with Gasteiger partial charge in [-0.15, -0.1) is 0 Å². The molecule has 1 unspecified atom stereocenters. The maximum Gasteiger partial charge on any atom is 0.295 e. The van der Waals surface area contributed by atoms with E-state index < -0.39 is 17.7 Å². The Morgan fingerprint density at radius 1 is 1.17 bits per heavy atom. The number of hydrogen-bond acceptors (Lipinski definition) is 5. The highest BCUT2D eigenvalue weighted by molar-refractivity contribution is 6.46. The van der Waals surface area contributed by atoms with Crippen molar-refractivity contribution in [3.8, 4) is 11.5 Å². The number of carbonyl (C=O) groups excluding carboxylic acids is 2. The van der Waals surface area contributed by atoms with E-state index in [4.69, 9.17) is 4.74 Å². The van der Waals surface area contributed by atoms with Crippen LogP contribution in [0.4, 0.5) is 0 Å². The molecule has 1 fully saturated rings. The zero-order valence-corrected chi connectivity index (χ0v) is 17.7. The van der Waals surface area contributed by atoms with Gasteiger partial charge >= 0.3 is 0 Å². The lowest BCUT2D eigenvalue weighted by atomic mass is 9.94. The third kappa shape index (κ3) is 4.03. The van der Waals surface area contributed by atoms with Gasteiger partial charge < -0.3 is 19.8 Å². The van der Waals surface area contributed by atoms with E-state index in [-0.39, 0.29) is 23.2 Å². The summed E-state index contributed by atoms with van der Waals surface area (Å²) >= 11 is 0. The summed E-state index contributed by atoms with van der Waals surface area (Å²) in [5, 5.41) is 21.0. The summed E-state index contributed by atoms with van der Waals surface area (Å²) in [4.78, 5) is 27.0. The average Bonchev–Trinajstić information content (AvgIpc) is 2.94. The molecule has 6 nitrogen and oxygen atoms in total. The molecular formula is C24H27NO5. The summed E-state index contributed by atoms with van der Waals surface area (Å²) in [7, 11) is 0. The topological polar surface area (TPSA) is 87.1 Å². The number of aliphatic hydroxyl groups is 1. The van der Waals surface area contributed by atoms with Crippen LogP contribution in [0.25, 0.3) is 5.76 Å². The van der Waals surface area contributed by atoms with Crippen molar-refractivity contribution in [2.24, 2.45) is 0 Å². The Morgan fingerprint density at radius 3 is 2.50 bits per heavy atom. The first kappa shape index (κ1) is 21.4. The number of aromatic hydroxyl groups is 1. The first-order chi connectivity index (χ1) is 14.2. The van der Waals surface area contributed by atoms with E-state index in [2.05, 4.69) is 0 Å². The molecule has 1 saturated heterocycles. The lowest BCUT2D eigenvalue weighted by Gasteiger charge is -2.25. The van der Waals surface area contributed by atoms with Gasteiger partial charge in [0.1, 0.15) is 17.3 Å². The Morgan fingerprint density at radius 2 is 1.90 bits per heavy atom. The summed E-state index contributed by atoms with van der Waals surface area (Å²) in [6.07, 6.45) is 0.663. The van der Waals surface area contributed by atoms with Gasteiger partial charge in [0.05, 0.1) is 17.7 Å². The normalized spacial score (nSPS) is 18.3. The molecule has 0 aromatic heterocycles. The molecule has 2 aromatic carbocycles. The molecule has 0 aliphatic carbocycles. The Labute approximate surface area is 176 Å². The summed E-state index contributed by atoms with van der Waals surface area (Å²) < 4.78 is 5.74. The smallest absolute Gasteiger partial charge is 0.295 e. The number of phenolic OH excluding ortho intramolecular Hbond substituents is 1. The second kappa shape index (κ2) is 8.61. The fourth-order valence-corrected chi connectivity index (χ4v) is 3.73. The summed E-state index contributed by atoms with van der Waals surface area (Å²) in [5.41, 5.74) is 1.84. The molecule has 1 aliphatic heterocycles. The fraction of sp³-hybridized carbons (Fsp3) is 0.333. The Bertz CT molecular complexity index is 1010. The maximum atomic E-state index is 12.9. The second-order valence-corrected chi connectivity index (χ2v) is 7.73. The van der Waals surface area contributed by atoms with Crippen LogP contribution in [0.2, 0.25) is 0 Å². The monoisotopic (exact) mass is 409 g/mol. The van der Waals surface area contributed by atoms with Gasteiger partial charge in [-0.1, -0.05) is 19.1 Å². The van der Waals surface area contributed by atoms with Gasteiger partial charge in [0.2, 0.25) is 0 Å². The van der Waals surface area contributed by atoms with Crippen molar-refractivity contribution in [1.82, 2.24) is 4.90 Å². The van der Waals surface area contributed by atoms with Crippen molar-refractivity contribution in [2.45, 2.75) is 46.3 Å². The molecule has 2 N–H and O–H groups in total. The van der Waals surface area contributed by atoms with Crippen molar-refractivity contribution >= 4 is 17.4 Å². The van der Waals surface area contributed by atoms with Gasteiger partial charge in [0.15, 0.2) is 0 Å². The first-order valence-electron chi connectivity index (χ1n) is 10.1. The van der Waals surface area contributed by atoms with Crippen LogP contribution in [0.15, 0.2) is 48.0 Å². The van der Waals surface area contributed by atoms with Crippen LogP contribution in [-0.4, -0.2) is 39.5 Å². The molecule has 0 saturated carbocycles. The van der Waals surface area contributed by atoms with Crippen LogP contribution in [0, 0.1) is 6.92 Å². The number of benzene rings is 2. The number of carbonyl (C=O) groups is 2. The second-order valence-electron chi connectivity index (χ2n) is 7.73. The molecular weight excluding hydrogens is 382 g/mol. The number of aliphatic hydroxyl groups excluding tert-OH is 1. The van der Waals surface area contributed by atoms with Crippen molar-refractivity contribution in [1.29, 1.82) is 0 Å². The zero-order valence-electron chi connectivity index (χ0n) is 17.7. The highest BCUT2D eigenvalue weighted by atomic mass is 16.5. The fourth-order valence-electron chi connectivity index (χ4n) is 3.73. The Balaban J connectivity index is 2.14. The molecule has 0 spiro atoms. The van der Waals surface area contributed by atoms with Crippen molar-refractivity contribution in [3.05, 3.63) is 64.7 Å². The lowest BCUT2D eigenvalue weighted by Crippen LogP contribution is -2.30. The van der Waals surface area contributed by atoms with Crippen molar-refractivity contribution in [2.75, 3.05) is 6.54 Å². The molecule has 30 heavy (non-hydrogen) atoms. The number of amides is 1. The molecule has 0 bridgehead atoms.